The molecule has 7 heteroatoms. The van der Waals surface area contributed by atoms with Gasteiger partial charge >= 0.3 is 0 Å². The van der Waals surface area contributed by atoms with Gasteiger partial charge in [-0.3, -0.25) is 0 Å². The van der Waals surface area contributed by atoms with Gasteiger partial charge in [0.05, 0.1) is 10.6 Å². The molecule has 1 aromatic carbocycles. The van der Waals surface area contributed by atoms with E-state index in [1.54, 1.807) is 25.1 Å². The predicted octanol–water partition coefficient (Wildman–Crippen LogP) is 0.682. The zero-order chi connectivity index (χ0) is 13.3. The molecule has 0 atom stereocenters. The molecule has 0 aliphatic rings. The number of benzene rings is 1. The van der Waals surface area contributed by atoms with E-state index in [1.807, 2.05) is 0 Å². The molecular formula is C11H12N4O2S. The normalized spacial score (nSPS) is 11.4. The Balaban J connectivity index is 2.58. The third-order valence-electron chi connectivity index (χ3n) is 2.33. The number of hydrogen-bond donors (Lipinski definition) is 2. The highest BCUT2D eigenvalue weighted by molar-refractivity contribution is 7.89. The molecule has 0 aliphatic carbocycles. The number of nitrogen functional groups attached to an aromatic ring is 1. The smallest absolute Gasteiger partial charge is 0.238 e. The van der Waals surface area contributed by atoms with Crippen molar-refractivity contribution < 1.29 is 8.42 Å². The van der Waals surface area contributed by atoms with Crippen LogP contribution in [0.25, 0.3) is 11.3 Å². The van der Waals surface area contributed by atoms with Gasteiger partial charge in [0.2, 0.25) is 16.0 Å². The van der Waals surface area contributed by atoms with Gasteiger partial charge in [0.15, 0.2) is 0 Å². The van der Waals surface area contributed by atoms with Crippen LogP contribution in [0.5, 0.6) is 0 Å². The van der Waals surface area contributed by atoms with Crippen molar-refractivity contribution in [2.45, 2.75) is 11.8 Å². The molecule has 94 valence electrons. The van der Waals surface area contributed by atoms with E-state index in [0.29, 0.717) is 17.0 Å². The second kappa shape index (κ2) is 4.35. The largest absolute Gasteiger partial charge is 0.368 e. The summed E-state index contributed by atoms with van der Waals surface area (Å²) in [7, 11) is -3.73. The number of aromatic nitrogens is 2. The molecule has 1 heterocycles. The molecule has 0 radical (unpaired) electrons. The van der Waals surface area contributed by atoms with Crippen LogP contribution in [0.1, 0.15) is 5.69 Å². The van der Waals surface area contributed by atoms with Gasteiger partial charge in [0, 0.05) is 11.3 Å². The van der Waals surface area contributed by atoms with Crippen molar-refractivity contribution in [3.05, 3.63) is 36.0 Å². The van der Waals surface area contributed by atoms with Crippen LogP contribution < -0.4 is 10.9 Å². The lowest BCUT2D eigenvalue weighted by molar-refractivity contribution is 0.598. The fraction of sp³-hybridized carbons (Fsp3) is 0.0909. The van der Waals surface area contributed by atoms with E-state index in [-0.39, 0.29) is 10.8 Å². The lowest BCUT2D eigenvalue weighted by atomic mass is 10.1. The van der Waals surface area contributed by atoms with E-state index >= 15 is 0 Å². The van der Waals surface area contributed by atoms with Gasteiger partial charge in [-0.1, -0.05) is 12.1 Å². The molecule has 0 spiro atoms. The van der Waals surface area contributed by atoms with E-state index in [4.69, 9.17) is 10.9 Å². The van der Waals surface area contributed by atoms with E-state index in [1.165, 1.54) is 12.1 Å². The Morgan fingerprint density at radius 2 is 1.89 bits per heavy atom. The van der Waals surface area contributed by atoms with Crippen LogP contribution in [0.3, 0.4) is 0 Å². The Hall–Kier alpha value is -1.99. The van der Waals surface area contributed by atoms with E-state index in [9.17, 15) is 8.42 Å². The number of nitrogens with two attached hydrogens (primary N) is 2. The molecule has 0 amide bonds. The Morgan fingerprint density at radius 3 is 2.50 bits per heavy atom. The molecule has 1 aromatic heterocycles. The third kappa shape index (κ3) is 2.63. The topological polar surface area (TPSA) is 112 Å². The first-order valence-corrected chi connectivity index (χ1v) is 6.65. The zero-order valence-electron chi connectivity index (χ0n) is 9.66. The number of aryl methyl sites for hydroxylation is 1. The summed E-state index contributed by atoms with van der Waals surface area (Å²) in [6, 6.07) is 7.93. The molecule has 6 nitrogen and oxygen atoms in total. The van der Waals surface area contributed by atoms with Gasteiger partial charge < -0.3 is 5.73 Å². The van der Waals surface area contributed by atoms with Crippen molar-refractivity contribution in [1.29, 1.82) is 0 Å². The van der Waals surface area contributed by atoms with Gasteiger partial charge in [0.1, 0.15) is 0 Å². The Kier molecular flexibility index (Phi) is 3.02. The summed E-state index contributed by atoms with van der Waals surface area (Å²) in [5, 5.41) is 5.08. The highest BCUT2D eigenvalue weighted by Gasteiger charge is 2.10. The highest BCUT2D eigenvalue weighted by atomic mass is 32.2. The summed E-state index contributed by atoms with van der Waals surface area (Å²) in [6.45, 7) is 1.78. The van der Waals surface area contributed by atoms with Gasteiger partial charge in [-0.15, -0.1) is 0 Å². The van der Waals surface area contributed by atoms with Crippen molar-refractivity contribution in [3.63, 3.8) is 0 Å². The van der Waals surface area contributed by atoms with Gasteiger partial charge in [0.25, 0.3) is 0 Å². The second-order valence-corrected chi connectivity index (χ2v) is 5.39. The maximum Gasteiger partial charge on any atom is 0.238 e. The molecule has 0 aliphatic heterocycles. The standard InChI is InChI=1S/C11H12N4O2S/c1-7-5-10(15-11(12)14-7)8-3-2-4-9(6-8)18(13,16)17/h2-6H,1H3,(H2,12,14,15)(H2,13,16,17). The molecular weight excluding hydrogens is 252 g/mol. The Morgan fingerprint density at radius 1 is 1.17 bits per heavy atom. The van der Waals surface area contributed by atoms with Crippen molar-refractivity contribution >= 4 is 16.0 Å². The summed E-state index contributed by atoms with van der Waals surface area (Å²) in [6.07, 6.45) is 0. The SMILES string of the molecule is Cc1cc(-c2cccc(S(N)(=O)=O)c2)nc(N)n1. The fourth-order valence-electron chi connectivity index (χ4n) is 1.57. The molecule has 0 saturated carbocycles. The average molecular weight is 264 g/mol. The van der Waals surface area contributed by atoms with Crippen LogP contribution in [-0.2, 0) is 10.0 Å². The minimum atomic E-state index is -3.73. The minimum Gasteiger partial charge on any atom is -0.368 e. The molecule has 0 unspecified atom stereocenters. The summed E-state index contributed by atoms with van der Waals surface area (Å²) in [5.41, 5.74) is 7.45. The molecule has 18 heavy (non-hydrogen) atoms. The lowest BCUT2D eigenvalue weighted by Crippen LogP contribution is -2.12. The van der Waals surface area contributed by atoms with E-state index in [2.05, 4.69) is 9.97 Å². The van der Waals surface area contributed by atoms with Crippen LogP contribution in [0.4, 0.5) is 5.95 Å². The molecule has 0 bridgehead atoms. The summed E-state index contributed by atoms with van der Waals surface area (Å²) in [5.74, 6) is 0.144. The maximum absolute atomic E-state index is 11.3. The van der Waals surface area contributed by atoms with Crippen LogP contribution >= 0.6 is 0 Å². The first-order chi connectivity index (χ1) is 8.36. The fourth-order valence-corrected chi connectivity index (χ4v) is 2.13. The first kappa shape index (κ1) is 12.5. The predicted molar refractivity (Wildman–Crippen MR) is 68.0 cm³/mol. The number of nitrogens with zero attached hydrogens (tertiary/aromatic N) is 2. The quantitative estimate of drug-likeness (QED) is 0.828. The van der Waals surface area contributed by atoms with Gasteiger partial charge in [-0.25, -0.2) is 23.5 Å². The number of hydrogen-bond acceptors (Lipinski definition) is 5. The zero-order valence-corrected chi connectivity index (χ0v) is 10.5. The molecule has 0 fully saturated rings. The number of sulfonamides is 1. The highest BCUT2D eigenvalue weighted by Crippen LogP contribution is 2.21. The van der Waals surface area contributed by atoms with E-state index in [0.717, 1.165) is 0 Å². The second-order valence-electron chi connectivity index (χ2n) is 3.83. The van der Waals surface area contributed by atoms with Crippen molar-refractivity contribution in [2.24, 2.45) is 5.14 Å². The van der Waals surface area contributed by atoms with Crippen molar-refractivity contribution in [1.82, 2.24) is 9.97 Å². The minimum absolute atomic E-state index is 0.0369. The third-order valence-corrected chi connectivity index (χ3v) is 3.24. The molecule has 0 saturated heterocycles. The first-order valence-electron chi connectivity index (χ1n) is 5.10. The summed E-state index contributed by atoms with van der Waals surface area (Å²) in [4.78, 5) is 8.05. The Labute approximate surface area is 105 Å². The number of anilines is 1. The van der Waals surface area contributed by atoms with Crippen LogP contribution in [0, 0.1) is 6.92 Å². The van der Waals surface area contributed by atoms with Crippen LogP contribution in [-0.4, -0.2) is 18.4 Å². The van der Waals surface area contributed by atoms with Crippen molar-refractivity contribution in [2.75, 3.05) is 5.73 Å². The monoisotopic (exact) mass is 264 g/mol. The number of primary sulfonamides is 1. The van der Waals surface area contributed by atoms with Gasteiger partial charge in [-0.05, 0) is 25.1 Å². The molecule has 4 N–H and O–H groups in total. The lowest BCUT2D eigenvalue weighted by Gasteiger charge is -2.05. The van der Waals surface area contributed by atoms with Gasteiger partial charge in [-0.2, -0.15) is 0 Å². The number of rotatable bonds is 2. The van der Waals surface area contributed by atoms with Crippen LogP contribution in [0.15, 0.2) is 35.2 Å². The van der Waals surface area contributed by atoms with E-state index < -0.39 is 10.0 Å². The Bertz CT molecular complexity index is 678. The average Bonchev–Trinajstić information content (AvgIpc) is 2.27. The molecule has 2 aromatic rings. The maximum atomic E-state index is 11.3. The molecule has 2 rings (SSSR count). The summed E-state index contributed by atoms with van der Waals surface area (Å²) < 4.78 is 22.5. The van der Waals surface area contributed by atoms with Crippen LogP contribution in [0.2, 0.25) is 0 Å². The van der Waals surface area contributed by atoms with Crippen molar-refractivity contribution in [3.8, 4) is 11.3 Å². The summed E-state index contributed by atoms with van der Waals surface area (Å²) >= 11 is 0.